The predicted octanol–water partition coefficient (Wildman–Crippen LogP) is 2.41. The van der Waals surface area contributed by atoms with Crippen LogP contribution in [0.15, 0.2) is 36.4 Å². The Balaban J connectivity index is 2.67. The molecule has 4 nitrogen and oxygen atoms in total. The average Bonchev–Trinajstić information content (AvgIpc) is 2.37. The Morgan fingerprint density at radius 2 is 1.89 bits per heavy atom. The summed E-state index contributed by atoms with van der Waals surface area (Å²) in [5.41, 5.74) is 0.942. The molecule has 1 aromatic rings. The first-order valence-electron chi connectivity index (χ1n) is 6.26. The van der Waals surface area contributed by atoms with Gasteiger partial charge in [0.05, 0.1) is 6.42 Å². The molecule has 0 radical (unpaired) electrons. The van der Waals surface area contributed by atoms with E-state index >= 15 is 0 Å². The Hall–Kier alpha value is -2.10. The van der Waals surface area contributed by atoms with Gasteiger partial charge in [0.15, 0.2) is 0 Å². The lowest BCUT2D eigenvalue weighted by molar-refractivity contribution is -0.138. The van der Waals surface area contributed by atoms with Crippen LogP contribution in [0, 0.1) is 0 Å². The molecule has 19 heavy (non-hydrogen) atoms. The third-order valence-corrected chi connectivity index (χ3v) is 2.69. The topological polar surface area (TPSA) is 57.6 Å². The van der Waals surface area contributed by atoms with Gasteiger partial charge in [0.25, 0.3) is 0 Å². The zero-order valence-electron chi connectivity index (χ0n) is 11.2. The Bertz CT molecular complexity index is 452. The molecular formula is C15H19NO3. The van der Waals surface area contributed by atoms with Crippen molar-refractivity contribution in [1.29, 1.82) is 0 Å². The molecule has 0 heterocycles. The van der Waals surface area contributed by atoms with Crippen molar-refractivity contribution >= 4 is 18.0 Å². The molecule has 0 spiro atoms. The van der Waals surface area contributed by atoms with Gasteiger partial charge in [-0.3, -0.25) is 9.59 Å². The van der Waals surface area contributed by atoms with Crippen LogP contribution >= 0.6 is 0 Å². The lowest BCUT2D eigenvalue weighted by atomic mass is 10.2. The molecule has 1 amide bonds. The van der Waals surface area contributed by atoms with Crippen molar-refractivity contribution in [3.05, 3.63) is 42.0 Å². The van der Waals surface area contributed by atoms with Gasteiger partial charge in [-0.25, -0.2) is 0 Å². The zero-order chi connectivity index (χ0) is 14.3. The number of aliphatic carboxylic acids is 1. The predicted molar refractivity (Wildman–Crippen MR) is 74.6 cm³/mol. The van der Waals surface area contributed by atoms with Gasteiger partial charge < -0.3 is 10.0 Å². The molecular weight excluding hydrogens is 242 g/mol. The highest BCUT2D eigenvalue weighted by molar-refractivity contribution is 5.92. The first-order valence-corrected chi connectivity index (χ1v) is 6.26. The maximum absolute atomic E-state index is 12.0. The van der Waals surface area contributed by atoms with E-state index in [4.69, 9.17) is 5.11 Å². The van der Waals surface area contributed by atoms with E-state index in [0.717, 1.165) is 5.56 Å². The fourth-order valence-electron chi connectivity index (χ4n) is 1.67. The molecule has 0 aliphatic heterocycles. The monoisotopic (exact) mass is 261 g/mol. The van der Waals surface area contributed by atoms with Gasteiger partial charge in [0, 0.05) is 18.7 Å². The highest BCUT2D eigenvalue weighted by atomic mass is 16.4. The Kier molecular flexibility index (Phi) is 5.79. The quantitative estimate of drug-likeness (QED) is 0.800. The third kappa shape index (κ3) is 5.38. The van der Waals surface area contributed by atoms with Crippen molar-refractivity contribution in [2.75, 3.05) is 6.54 Å². The SMILES string of the molecule is CC(C)N(CCC(=O)O)C(=O)/C=C/c1ccccc1. The fourth-order valence-corrected chi connectivity index (χ4v) is 1.67. The fraction of sp³-hybridized carbons (Fsp3) is 0.333. The first kappa shape index (κ1) is 15.0. The Labute approximate surface area is 113 Å². The molecule has 4 heteroatoms. The van der Waals surface area contributed by atoms with E-state index in [1.807, 2.05) is 44.2 Å². The van der Waals surface area contributed by atoms with Gasteiger partial charge in [-0.1, -0.05) is 30.3 Å². The molecule has 0 aliphatic rings. The lowest BCUT2D eigenvalue weighted by Gasteiger charge is -2.24. The van der Waals surface area contributed by atoms with Crippen LogP contribution in [0.5, 0.6) is 0 Å². The highest BCUT2D eigenvalue weighted by Crippen LogP contribution is 2.05. The van der Waals surface area contributed by atoms with Crippen molar-refractivity contribution < 1.29 is 14.7 Å². The van der Waals surface area contributed by atoms with Crippen molar-refractivity contribution in [3.63, 3.8) is 0 Å². The average molecular weight is 261 g/mol. The summed E-state index contributed by atoms with van der Waals surface area (Å²) < 4.78 is 0. The summed E-state index contributed by atoms with van der Waals surface area (Å²) in [4.78, 5) is 24.1. The maximum atomic E-state index is 12.0. The summed E-state index contributed by atoms with van der Waals surface area (Å²) in [6, 6.07) is 9.49. The van der Waals surface area contributed by atoms with Gasteiger partial charge in [0.2, 0.25) is 5.91 Å². The van der Waals surface area contributed by atoms with Crippen molar-refractivity contribution in [1.82, 2.24) is 4.90 Å². The van der Waals surface area contributed by atoms with Gasteiger partial charge in [-0.05, 0) is 25.5 Å². The van der Waals surface area contributed by atoms with Gasteiger partial charge in [-0.2, -0.15) is 0 Å². The summed E-state index contributed by atoms with van der Waals surface area (Å²) in [6.07, 6.45) is 3.18. The number of benzene rings is 1. The molecule has 102 valence electrons. The maximum Gasteiger partial charge on any atom is 0.305 e. The smallest absolute Gasteiger partial charge is 0.305 e. The Morgan fingerprint density at radius 3 is 2.42 bits per heavy atom. The van der Waals surface area contributed by atoms with Gasteiger partial charge in [-0.15, -0.1) is 0 Å². The van der Waals surface area contributed by atoms with E-state index in [9.17, 15) is 9.59 Å². The van der Waals surface area contributed by atoms with Crippen LogP contribution in [0.4, 0.5) is 0 Å². The number of carbonyl (C=O) groups is 2. The summed E-state index contributed by atoms with van der Waals surface area (Å²) >= 11 is 0. The van der Waals surface area contributed by atoms with Crippen molar-refractivity contribution in [3.8, 4) is 0 Å². The first-order chi connectivity index (χ1) is 9.00. The van der Waals surface area contributed by atoms with Crippen LogP contribution < -0.4 is 0 Å². The molecule has 1 aromatic carbocycles. The number of amides is 1. The van der Waals surface area contributed by atoms with E-state index < -0.39 is 5.97 Å². The minimum Gasteiger partial charge on any atom is -0.481 e. The van der Waals surface area contributed by atoms with Crippen LogP contribution in [-0.4, -0.2) is 34.5 Å². The van der Waals surface area contributed by atoms with Crippen LogP contribution in [0.2, 0.25) is 0 Å². The number of carbonyl (C=O) groups excluding carboxylic acids is 1. The molecule has 0 saturated carbocycles. The van der Waals surface area contributed by atoms with E-state index in [0.29, 0.717) is 0 Å². The number of hydrogen-bond acceptors (Lipinski definition) is 2. The number of carboxylic acids is 1. The molecule has 0 aromatic heterocycles. The second kappa shape index (κ2) is 7.36. The lowest BCUT2D eigenvalue weighted by Crippen LogP contribution is -2.37. The van der Waals surface area contributed by atoms with E-state index in [1.54, 1.807) is 11.0 Å². The number of rotatable bonds is 6. The normalized spacial score (nSPS) is 10.9. The highest BCUT2D eigenvalue weighted by Gasteiger charge is 2.15. The van der Waals surface area contributed by atoms with Crippen molar-refractivity contribution in [2.45, 2.75) is 26.3 Å². The number of carboxylic acid groups (broad SMARTS) is 1. The number of nitrogens with zero attached hydrogens (tertiary/aromatic N) is 1. The summed E-state index contributed by atoms with van der Waals surface area (Å²) in [5, 5.41) is 8.68. The van der Waals surface area contributed by atoms with Gasteiger partial charge in [0.1, 0.15) is 0 Å². The standard InChI is InChI=1S/C15H19NO3/c1-12(2)16(11-10-15(18)19)14(17)9-8-13-6-4-3-5-7-13/h3-9,12H,10-11H2,1-2H3,(H,18,19)/b9-8+. The third-order valence-electron chi connectivity index (χ3n) is 2.69. The van der Waals surface area contributed by atoms with Crippen LogP contribution in [0.25, 0.3) is 6.08 Å². The molecule has 0 unspecified atom stereocenters. The zero-order valence-corrected chi connectivity index (χ0v) is 11.2. The largest absolute Gasteiger partial charge is 0.481 e. The van der Waals surface area contributed by atoms with Crippen LogP contribution in [-0.2, 0) is 9.59 Å². The summed E-state index contributed by atoms with van der Waals surface area (Å²) in [5.74, 6) is -1.06. The van der Waals surface area contributed by atoms with Crippen molar-refractivity contribution in [2.24, 2.45) is 0 Å². The second-order valence-corrected chi connectivity index (χ2v) is 4.51. The van der Waals surface area contributed by atoms with E-state index in [1.165, 1.54) is 6.08 Å². The molecule has 0 saturated heterocycles. The minimum absolute atomic E-state index is 0.0210. The van der Waals surface area contributed by atoms with E-state index in [-0.39, 0.29) is 24.9 Å². The molecule has 0 bridgehead atoms. The molecule has 0 atom stereocenters. The number of hydrogen-bond donors (Lipinski definition) is 1. The Morgan fingerprint density at radius 1 is 1.26 bits per heavy atom. The molecule has 0 fully saturated rings. The van der Waals surface area contributed by atoms with Crippen LogP contribution in [0.3, 0.4) is 0 Å². The molecule has 0 aliphatic carbocycles. The minimum atomic E-state index is -0.898. The molecule has 1 N–H and O–H groups in total. The van der Waals surface area contributed by atoms with Gasteiger partial charge >= 0.3 is 5.97 Å². The summed E-state index contributed by atoms with van der Waals surface area (Å²) in [6.45, 7) is 3.97. The van der Waals surface area contributed by atoms with Crippen LogP contribution in [0.1, 0.15) is 25.8 Å². The molecule has 1 rings (SSSR count). The summed E-state index contributed by atoms with van der Waals surface area (Å²) in [7, 11) is 0. The van der Waals surface area contributed by atoms with E-state index in [2.05, 4.69) is 0 Å². The second-order valence-electron chi connectivity index (χ2n) is 4.51.